The number of rotatable bonds is 22. The van der Waals surface area contributed by atoms with Gasteiger partial charge in [-0.05, 0) is 0 Å². The third-order valence-electron chi connectivity index (χ3n) is 11.8. The molecule has 0 radical (unpaired) electrons. The molecule has 47 heteroatoms. The Hall–Kier alpha value is -5.00. The van der Waals surface area contributed by atoms with Gasteiger partial charge in [0.15, 0.2) is 52.0 Å². The molecule has 3 saturated heterocycles. The average molecular weight is 1230 g/mol. The molecule has 6 aromatic rings. The lowest BCUT2D eigenvalue weighted by molar-refractivity contribution is -0.110. The lowest BCUT2D eigenvalue weighted by atomic mass is 10.1. The maximum absolute atomic E-state index is 14.1. The number of fused-ring (bicyclic) bond motifs is 3. The zero-order chi connectivity index (χ0) is 57.4. The highest BCUT2D eigenvalue weighted by molar-refractivity contribution is 7.66. The van der Waals surface area contributed by atoms with Gasteiger partial charge in [0.05, 0.1) is 45.4 Å². The van der Waals surface area contributed by atoms with Crippen molar-refractivity contribution in [2.75, 3.05) is 57.8 Å². The number of aromatic amines is 2. The van der Waals surface area contributed by atoms with Crippen molar-refractivity contribution < 1.29 is 117 Å². The van der Waals surface area contributed by atoms with Gasteiger partial charge in [-0.1, -0.05) is 0 Å². The predicted molar refractivity (Wildman–Crippen MR) is 251 cm³/mol. The highest BCUT2D eigenvalue weighted by Gasteiger charge is 2.55. The van der Waals surface area contributed by atoms with Crippen molar-refractivity contribution in [2.24, 2.45) is 0 Å². The molecule has 0 amide bonds. The van der Waals surface area contributed by atoms with E-state index in [9.17, 15) is 72.2 Å². The third-order valence-corrected chi connectivity index (χ3v) is 18.0. The molecule has 9 heterocycles. The summed E-state index contributed by atoms with van der Waals surface area (Å²) in [7, 11) is -26.8. The summed E-state index contributed by atoms with van der Waals surface area (Å²) in [6.45, 7) is -4.28. The number of aromatic nitrogens is 12. The summed E-state index contributed by atoms with van der Waals surface area (Å²) >= 11 is 0. The van der Waals surface area contributed by atoms with Crippen LogP contribution in [0.2, 0.25) is 0 Å². The van der Waals surface area contributed by atoms with Gasteiger partial charge < -0.3 is 75.9 Å². The number of ether oxygens (including phenoxy) is 4. The van der Waals surface area contributed by atoms with E-state index in [1.807, 2.05) is 0 Å². The zero-order valence-corrected chi connectivity index (χ0v) is 44.2. The highest BCUT2D eigenvalue weighted by Crippen LogP contribution is 2.67. The van der Waals surface area contributed by atoms with Crippen LogP contribution in [0.15, 0.2) is 34.9 Å². The Morgan fingerprint density at radius 1 is 0.646 bits per heavy atom. The zero-order valence-electron chi connectivity index (χ0n) is 39.7. The number of nitrogens with zero attached hydrogens (tertiary/aromatic N) is 10. The Bertz CT molecular complexity index is 3660. The number of phosphoric acid groups is 5. The molecule has 3 fully saturated rings. The van der Waals surface area contributed by atoms with Crippen LogP contribution in [-0.2, 0) is 83.3 Å². The van der Waals surface area contributed by atoms with Crippen LogP contribution in [0.5, 0.6) is 0 Å². The molecule has 3 aliphatic rings. The van der Waals surface area contributed by atoms with Gasteiger partial charge >= 0.3 is 39.1 Å². The summed E-state index contributed by atoms with van der Waals surface area (Å²) in [5.41, 5.74) is 12.1. The van der Waals surface area contributed by atoms with Crippen LogP contribution in [0.25, 0.3) is 33.5 Å². The van der Waals surface area contributed by atoms with E-state index in [1.54, 1.807) is 0 Å². The van der Waals surface area contributed by atoms with Crippen LogP contribution in [0.1, 0.15) is 12.5 Å². The largest absolute Gasteiger partial charge is 0.490 e. The number of methoxy groups -OCH3 is 1. The molecule has 16 N–H and O–H groups in total. The van der Waals surface area contributed by atoms with Crippen LogP contribution in [0.3, 0.4) is 0 Å². The molecule has 9 unspecified atom stereocenters. The van der Waals surface area contributed by atoms with Crippen LogP contribution in [-0.4, -0.2) is 188 Å². The molecule has 0 spiro atoms. The minimum Gasteiger partial charge on any atom is -0.386 e. The number of aliphatic hydroxyl groups is 3. The van der Waals surface area contributed by atoms with Gasteiger partial charge in [0, 0.05) is 14.2 Å². The standard InChI is InChI=1S/C32H44N15O27P5/c1-63-20-19(12(4-68-78(59,60)74-79(61,62)73-75(53,54)64-2)70-29(20)46-9-39-15-24(46)41-30(34)43-26(15)50)72-77(57,58)66-3-11-18(17(48)28(69-11)45-8-38-14-22(33)36-7-37-23(14)45)71-76(55,56)67-5-13-21(49)32(52,6-65-13)47-10-40-16-25(47)42-31(35)44-27(16)51/h7-13,17-21,28-29,48-49,52H,3-6H2,1-2H3,(H,53,54)(H,55,56)(H,57,58)(H,59,60)(H,61,62)(H2,33,36,37)(H3,34,41,43,50)(H3,35,42,44,51)/t11?,12-,13?,17-,18-,19-,20-,21-,28?,29?,32-/m1/s1. The van der Waals surface area contributed by atoms with E-state index >= 15 is 0 Å². The van der Waals surface area contributed by atoms with Crippen LogP contribution < -0.4 is 28.3 Å². The van der Waals surface area contributed by atoms with Crippen LogP contribution >= 0.6 is 39.1 Å². The molecule has 9 rings (SSSR count). The molecular formula is C32H44N15O27P5. The summed E-state index contributed by atoms with van der Waals surface area (Å²) < 4.78 is 129. The molecule has 79 heavy (non-hydrogen) atoms. The van der Waals surface area contributed by atoms with Crippen LogP contribution in [0, 0.1) is 0 Å². The van der Waals surface area contributed by atoms with Crippen molar-refractivity contribution in [2.45, 2.75) is 67.0 Å². The molecule has 6 aromatic heterocycles. The summed E-state index contributed by atoms with van der Waals surface area (Å²) in [5.74, 6) is -0.917. The van der Waals surface area contributed by atoms with Gasteiger partial charge in [0.25, 0.3) is 11.1 Å². The number of nitrogen functional groups attached to an aromatic ring is 3. The molecule has 0 bridgehead atoms. The first-order valence-electron chi connectivity index (χ1n) is 21.8. The Morgan fingerprint density at radius 2 is 1.16 bits per heavy atom. The van der Waals surface area contributed by atoms with Gasteiger partial charge in [0.2, 0.25) is 11.9 Å². The van der Waals surface area contributed by atoms with E-state index in [1.165, 1.54) is 0 Å². The number of anilines is 3. The second-order valence-corrected chi connectivity index (χ2v) is 24.4. The number of nitrogens with two attached hydrogens (primary N) is 3. The minimum atomic E-state index is -5.96. The van der Waals surface area contributed by atoms with E-state index in [4.69, 9.17) is 58.8 Å². The van der Waals surface area contributed by atoms with E-state index in [0.717, 1.165) is 46.1 Å². The SMILES string of the molecule is CO[C@H]1C(n2cnc3c(=O)[nH]c(N)nc32)O[C@H](COP(=O)(O)OP(=O)(O)OP(=O)(O)OC)[C@H]1OP(=O)(O)OCC1OC(n2cnc3c(N)ncnc32)[C@H](O)[C@@H]1OP(=O)(O)OCC1OC[C@](O)(n2cnc3c(=O)[nH]c(N)nc32)[C@@H]1O. The van der Waals surface area contributed by atoms with Crippen molar-refractivity contribution in [1.29, 1.82) is 0 Å². The lowest BCUT2D eigenvalue weighted by Gasteiger charge is -2.28. The molecule has 0 aliphatic carbocycles. The maximum Gasteiger partial charge on any atom is 0.490 e. The molecule has 434 valence electrons. The molecule has 16 atom stereocenters. The van der Waals surface area contributed by atoms with Crippen molar-refractivity contribution in [3.63, 3.8) is 0 Å². The van der Waals surface area contributed by atoms with Gasteiger partial charge in [-0.25, -0.2) is 47.7 Å². The molecular weight excluding hydrogens is 1180 g/mol. The minimum absolute atomic E-state index is 0.00679. The van der Waals surface area contributed by atoms with Gasteiger partial charge in [-0.3, -0.25) is 60.4 Å². The van der Waals surface area contributed by atoms with Crippen molar-refractivity contribution >= 4 is 90.3 Å². The van der Waals surface area contributed by atoms with Gasteiger partial charge in [-0.15, -0.1) is 0 Å². The monoisotopic (exact) mass is 1230 g/mol. The fraction of sp³-hybridized carbons (Fsp3) is 0.531. The van der Waals surface area contributed by atoms with Crippen LogP contribution in [0.4, 0.5) is 17.7 Å². The summed E-state index contributed by atoms with van der Waals surface area (Å²) in [6.07, 6.45) is -14.7. The number of hydrogen-bond acceptors (Lipinski definition) is 32. The Labute approximate surface area is 436 Å². The fourth-order valence-corrected chi connectivity index (χ4v) is 13.5. The number of hydrogen-bond donors (Lipinski definition) is 13. The Kier molecular flexibility index (Phi) is 16.1. The highest BCUT2D eigenvalue weighted by atomic mass is 31.3. The summed E-state index contributed by atoms with van der Waals surface area (Å²) in [4.78, 5) is 109. The first kappa shape index (κ1) is 58.6. The predicted octanol–water partition coefficient (Wildman–Crippen LogP) is -3.58. The van der Waals surface area contributed by atoms with E-state index in [0.29, 0.717) is 7.11 Å². The molecule has 0 saturated carbocycles. The molecule has 42 nitrogen and oxygen atoms in total. The normalized spacial score (nSPS) is 30.4. The van der Waals surface area contributed by atoms with Gasteiger partial charge in [-0.2, -0.15) is 18.6 Å². The lowest BCUT2D eigenvalue weighted by Crippen LogP contribution is -2.47. The first-order chi connectivity index (χ1) is 36.9. The number of aliphatic hydroxyl groups excluding tert-OH is 2. The van der Waals surface area contributed by atoms with E-state index in [2.05, 4.69) is 58.0 Å². The van der Waals surface area contributed by atoms with E-state index in [-0.39, 0.29) is 45.3 Å². The van der Waals surface area contributed by atoms with Gasteiger partial charge in [0.1, 0.15) is 60.7 Å². The number of imidazole rings is 3. The van der Waals surface area contributed by atoms with Crippen molar-refractivity contribution in [3.8, 4) is 0 Å². The number of nitrogens with one attached hydrogen (secondary N) is 2. The molecule has 3 aliphatic heterocycles. The molecule has 0 aromatic carbocycles. The number of H-pyrrole nitrogens is 2. The Balaban J connectivity index is 0.951. The first-order valence-corrected chi connectivity index (χ1v) is 29.3. The van der Waals surface area contributed by atoms with Crippen molar-refractivity contribution in [1.82, 2.24) is 58.6 Å². The third kappa shape index (κ3) is 12.0. The quantitative estimate of drug-likeness (QED) is 0.0292. The average Bonchev–Trinajstić information content (AvgIpc) is 4.34. The second-order valence-electron chi connectivity index (χ2n) is 16.8. The topological polar surface area (TPSA) is 607 Å². The Morgan fingerprint density at radius 3 is 1.80 bits per heavy atom. The van der Waals surface area contributed by atoms with E-state index < -0.39 is 150 Å². The maximum atomic E-state index is 14.1. The fourth-order valence-electron chi connectivity index (χ4n) is 8.31. The smallest absolute Gasteiger partial charge is 0.386 e. The second kappa shape index (κ2) is 21.7. The summed E-state index contributed by atoms with van der Waals surface area (Å²) in [6, 6.07) is 0. The van der Waals surface area contributed by atoms with Crippen molar-refractivity contribution in [3.05, 3.63) is 46.0 Å². The number of phosphoric ester groups is 4. The summed E-state index contributed by atoms with van der Waals surface area (Å²) in [5, 5.41) is 34.4.